The number of hydrogen-bond acceptors (Lipinski definition) is 4. The van der Waals surface area contributed by atoms with Gasteiger partial charge in [0.15, 0.2) is 6.10 Å². The monoisotopic (exact) mass is 283 g/mol. The van der Waals surface area contributed by atoms with Crippen molar-refractivity contribution in [1.82, 2.24) is 4.98 Å². The molecule has 1 N–H and O–H groups in total. The molecule has 2 unspecified atom stereocenters. The molecule has 2 atom stereocenters. The van der Waals surface area contributed by atoms with E-state index in [9.17, 15) is 9.59 Å². The molecule has 0 fully saturated rings. The summed E-state index contributed by atoms with van der Waals surface area (Å²) >= 11 is 0. The Morgan fingerprint density at radius 1 is 1.05 bits per heavy atom. The van der Waals surface area contributed by atoms with Gasteiger partial charge in [0.25, 0.3) is 0 Å². The Hall–Kier alpha value is -2.56. The van der Waals surface area contributed by atoms with Gasteiger partial charge in [0, 0.05) is 23.1 Å². The number of ether oxygens (including phenoxy) is 2. The van der Waals surface area contributed by atoms with Gasteiger partial charge in [-0.1, -0.05) is 18.2 Å². The van der Waals surface area contributed by atoms with Crippen molar-refractivity contribution in [3.8, 4) is 0 Å². The number of fused-ring (bicyclic) bond motifs is 5. The Kier molecular flexibility index (Phi) is 2.60. The van der Waals surface area contributed by atoms with Crippen molar-refractivity contribution in [3.63, 3.8) is 0 Å². The highest BCUT2D eigenvalue weighted by Crippen LogP contribution is 2.38. The van der Waals surface area contributed by atoms with E-state index in [2.05, 4.69) is 4.98 Å². The number of hydrogen-bond donors (Lipinski definition) is 1. The van der Waals surface area contributed by atoms with E-state index in [1.807, 2.05) is 24.3 Å². The standard InChI is InChI=1S/C16H13NO4/c18-13-7-8-14(19)21-16-12(20-13)6-5-10-9-3-1-2-4-11(9)17-15(10)16/h1-4,7-8,12,16-17H,5-6H2/b8-7+. The zero-order valence-corrected chi connectivity index (χ0v) is 11.2. The number of esters is 2. The number of benzene rings is 1. The van der Waals surface area contributed by atoms with E-state index in [0.29, 0.717) is 6.42 Å². The van der Waals surface area contributed by atoms with Crippen LogP contribution < -0.4 is 0 Å². The summed E-state index contributed by atoms with van der Waals surface area (Å²) in [5, 5.41) is 1.13. The molecule has 1 aromatic carbocycles. The second-order valence-corrected chi connectivity index (χ2v) is 5.27. The summed E-state index contributed by atoms with van der Waals surface area (Å²) in [6, 6.07) is 7.96. The van der Waals surface area contributed by atoms with Gasteiger partial charge in [-0.05, 0) is 24.5 Å². The van der Waals surface area contributed by atoms with Crippen molar-refractivity contribution < 1.29 is 19.1 Å². The number of H-pyrrole nitrogens is 1. The van der Waals surface area contributed by atoms with Gasteiger partial charge in [-0.25, -0.2) is 9.59 Å². The van der Waals surface area contributed by atoms with E-state index in [1.165, 1.54) is 0 Å². The van der Waals surface area contributed by atoms with Gasteiger partial charge in [0.2, 0.25) is 0 Å². The third-order valence-corrected chi connectivity index (χ3v) is 4.01. The minimum atomic E-state index is -0.567. The van der Waals surface area contributed by atoms with Gasteiger partial charge in [0.1, 0.15) is 6.10 Å². The second kappa shape index (κ2) is 4.48. The van der Waals surface area contributed by atoms with Crippen LogP contribution in [0.4, 0.5) is 0 Å². The lowest BCUT2D eigenvalue weighted by molar-refractivity contribution is -0.166. The van der Waals surface area contributed by atoms with Crippen molar-refractivity contribution in [1.29, 1.82) is 0 Å². The summed E-state index contributed by atoms with van der Waals surface area (Å²) in [6.45, 7) is 0. The minimum Gasteiger partial charge on any atom is -0.455 e. The van der Waals surface area contributed by atoms with E-state index in [1.54, 1.807) is 0 Å². The van der Waals surface area contributed by atoms with Crippen LogP contribution in [0.25, 0.3) is 10.9 Å². The predicted molar refractivity (Wildman–Crippen MR) is 74.5 cm³/mol. The quantitative estimate of drug-likeness (QED) is 0.752. The van der Waals surface area contributed by atoms with Crippen LogP contribution in [0.3, 0.4) is 0 Å². The Labute approximate surface area is 120 Å². The van der Waals surface area contributed by atoms with Crippen LogP contribution in [-0.4, -0.2) is 23.0 Å². The third kappa shape index (κ3) is 1.93. The first kappa shape index (κ1) is 12.2. The summed E-state index contributed by atoms with van der Waals surface area (Å²) in [7, 11) is 0. The predicted octanol–water partition coefficient (Wildman–Crippen LogP) is 2.18. The lowest BCUT2D eigenvalue weighted by Gasteiger charge is -2.31. The van der Waals surface area contributed by atoms with Crippen LogP contribution in [0.2, 0.25) is 0 Å². The summed E-state index contributed by atoms with van der Waals surface area (Å²) in [4.78, 5) is 26.6. The third-order valence-electron chi connectivity index (χ3n) is 4.01. The number of rotatable bonds is 0. The highest BCUT2D eigenvalue weighted by Gasteiger charge is 2.37. The zero-order valence-electron chi connectivity index (χ0n) is 11.2. The maximum Gasteiger partial charge on any atom is 0.331 e. The Bertz CT molecular complexity index is 774. The SMILES string of the molecule is O=C1/C=C/C(=O)OC2c3[nH]c4ccccc4c3CCC2O1. The first-order valence-corrected chi connectivity index (χ1v) is 6.91. The fourth-order valence-electron chi connectivity index (χ4n) is 3.10. The molecule has 0 amide bonds. The summed E-state index contributed by atoms with van der Waals surface area (Å²) in [6.07, 6.45) is 2.64. The Morgan fingerprint density at radius 2 is 1.81 bits per heavy atom. The lowest BCUT2D eigenvalue weighted by atomic mass is 9.90. The summed E-state index contributed by atoms with van der Waals surface area (Å²) in [5.74, 6) is -1.02. The Morgan fingerprint density at radius 3 is 2.67 bits per heavy atom. The van der Waals surface area contributed by atoms with Crippen molar-refractivity contribution >= 4 is 22.8 Å². The van der Waals surface area contributed by atoms with Crippen LogP contribution >= 0.6 is 0 Å². The largest absolute Gasteiger partial charge is 0.455 e. The average molecular weight is 283 g/mol. The van der Waals surface area contributed by atoms with Crippen molar-refractivity contribution in [3.05, 3.63) is 47.7 Å². The van der Waals surface area contributed by atoms with Crippen molar-refractivity contribution in [2.24, 2.45) is 0 Å². The number of aryl methyl sites for hydroxylation is 1. The molecule has 0 saturated carbocycles. The maximum atomic E-state index is 11.7. The molecule has 0 saturated heterocycles. The van der Waals surface area contributed by atoms with Crippen molar-refractivity contribution in [2.75, 3.05) is 0 Å². The van der Waals surface area contributed by atoms with Crippen LogP contribution in [0.15, 0.2) is 36.4 Å². The second-order valence-electron chi connectivity index (χ2n) is 5.27. The molecule has 21 heavy (non-hydrogen) atoms. The van der Waals surface area contributed by atoms with Gasteiger partial charge in [-0.3, -0.25) is 0 Å². The van der Waals surface area contributed by atoms with E-state index >= 15 is 0 Å². The van der Waals surface area contributed by atoms with Crippen LogP contribution in [0.1, 0.15) is 23.8 Å². The van der Waals surface area contributed by atoms with Gasteiger partial charge < -0.3 is 14.5 Å². The molecule has 5 nitrogen and oxygen atoms in total. The highest BCUT2D eigenvalue weighted by molar-refractivity contribution is 5.92. The molecule has 2 heterocycles. The number of carbonyl (C=O) groups excluding carboxylic acids is 2. The number of aromatic amines is 1. The van der Waals surface area contributed by atoms with E-state index in [4.69, 9.17) is 9.47 Å². The molecule has 1 aromatic heterocycles. The Balaban J connectivity index is 1.84. The van der Waals surface area contributed by atoms with E-state index in [0.717, 1.165) is 40.7 Å². The lowest BCUT2D eigenvalue weighted by Crippen LogP contribution is -2.34. The molecule has 2 aliphatic rings. The molecule has 2 aromatic rings. The number of aromatic nitrogens is 1. The fourth-order valence-corrected chi connectivity index (χ4v) is 3.10. The topological polar surface area (TPSA) is 68.4 Å². The van der Waals surface area contributed by atoms with E-state index < -0.39 is 24.1 Å². The molecular weight excluding hydrogens is 270 g/mol. The molecular formula is C16H13NO4. The van der Waals surface area contributed by atoms with Crippen LogP contribution in [0.5, 0.6) is 0 Å². The van der Waals surface area contributed by atoms with Gasteiger partial charge in [0.05, 0.1) is 5.69 Å². The smallest absolute Gasteiger partial charge is 0.331 e. The number of carbonyl (C=O) groups is 2. The molecule has 5 heteroatoms. The maximum absolute atomic E-state index is 11.7. The van der Waals surface area contributed by atoms with Crippen LogP contribution in [0, 0.1) is 0 Å². The average Bonchev–Trinajstić information content (AvgIpc) is 2.85. The molecule has 106 valence electrons. The molecule has 1 aliphatic heterocycles. The number of para-hydroxylation sites is 1. The summed E-state index contributed by atoms with van der Waals surface area (Å²) in [5.41, 5.74) is 2.98. The van der Waals surface area contributed by atoms with Gasteiger partial charge in [-0.15, -0.1) is 0 Å². The molecule has 0 spiro atoms. The van der Waals surface area contributed by atoms with Crippen LogP contribution in [-0.2, 0) is 25.5 Å². The summed E-state index contributed by atoms with van der Waals surface area (Å²) < 4.78 is 10.8. The van der Waals surface area contributed by atoms with Gasteiger partial charge >= 0.3 is 11.9 Å². The zero-order chi connectivity index (χ0) is 14.4. The highest BCUT2D eigenvalue weighted by atomic mass is 16.6. The first-order chi connectivity index (χ1) is 10.2. The number of nitrogens with one attached hydrogen (secondary N) is 1. The van der Waals surface area contributed by atoms with Gasteiger partial charge in [-0.2, -0.15) is 0 Å². The molecule has 1 aliphatic carbocycles. The molecule has 4 rings (SSSR count). The normalized spacial score (nSPS) is 26.1. The van der Waals surface area contributed by atoms with Crippen molar-refractivity contribution in [2.45, 2.75) is 25.0 Å². The van der Waals surface area contributed by atoms with E-state index in [-0.39, 0.29) is 0 Å². The molecule has 0 radical (unpaired) electrons. The molecule has 0 bridgehead atoms. The first-order valence-electron chi connectivity index (χ1n) is 6.91. The minimum absolute atomic E-state index is 0.438. The fraction of sp³-hybridized carbons (Fsp3) is 0.250.